The zero-order valence-corrected chi connectivity index (χ0v) is 8.21. The number of aryl methyl sites for hydroxylation is 1. The van der Waals surface area contributed by atoms with Gasteiger partial charge < -0.3 is 9.64 Å². The van der Waals surface area contributed by atoms with Crippen molar-refractivity contribution >= 4 is 5.69 Å². The molecule has 1 aromatic rings. The van der Waals surface area contributed by atoms with Crippen molar-refractivity contribution in [3.8, 4) is 5.75 Å². The predicted octanol–water partition coefficient (Wildman–Crippen LogP) is 2.08. The zero-order chi connectivity index (χ0) is 9.26. The summed E-state index contributed by atoms with van der Waals surface area (Å²) in [5, 5.41) is 0. The maximum Gasteiger partial charge on any atom is 0.124 e. The monoisotopic (exact) mass is 177 g/mol. The van der Waals surface area contributed by atoms with Crippen LogP contribution in [0.2, 0.25) is 0 Å². The molecule has 0 bridgehead atoms. The number of nitrogens with zero attached hydrogens (tertiary/aromatic N) is 1. The fourth-order valence-corrected chi connectivity index (χ4v) is 1.61. The van der Waals surface area contributed by atoms with Crippen molar-refractivity contribution in [1.82, 2.24) is 0 Å². The van der Waals surface area contributed by atoms with E-state index in [1.54, 1.807) is 0 Å². The maximum atomic E-state index is 5.59. The third-order valence-corrected chi connectivity index (χ3v) is 2.42. The van der Waals surface area contributed by atoms with Gasteiger partial charge in [0.25, 0.3) is 0 Å². The highest BCUT2D eigenvalue weighted by Crippen LogP contribution is 2.28. The number of rotatable bonds is 1. The van der Waals surface area contributed by atoms with Gasteiger partial charge in [0.1, 0.15) is 5.75 Å². The van der Waals surface area contributed by atoms with Gasteiger partial charge in [-0.15, -0.1) is 0 Å². The Morgan fingerprint density at radius 3 is 2.92 bits per heavy atom. The van der Waals surface area contributed by atoms with E-state index >= 15 is 0 Å². The minimum atomic E-state index is 0.865. The Morgan fingerprint density at radius 2 is 2.15 bits per heavy atom. The Bertz CT molecular complexity index is 307. The van der Waals surface area contributed by atoms with Crippen LogP contribution in [0.1, 0.15) is 12.0 Å². The van der Waals surface area contributed by atoms with Crippen LogP contribution in [0.15, 0.2) is 18.2 Å². The second-order valence-corrected chi connectivity index (χ2v) is 3.64. The molecule has 70 valence electrons. The predicted molar refractivity (Wildman–Crippen MR) is 54.6 cm³/mol. The first-order valence-electron chi connectivity index (χ1n) is 4.70. The topological polar surface area (TPSA) is 12.5 Å². The normalized spacial score (nSPS) is 14.6. The van der Waals surface area contributed by atoms with Crippen molar-refractivity contribution < 1.29 is 4.74 Å². The quantitative estimate of drug-likeness (QED) is 0.651. The van der Waals surface area contributed by atoms with Crippen LogP contribution in [0.4, 0.5) is 5.69 Å². The highest BCUT2D eigenvalue weighted by Gasteiger charge is 2.10. The Hall–Kier alpha value is -1.18. The molecular weight excluding hydrogens is 162 g/mol. The summed E-state index contributed by atoms with van der Waals surface area (Å²) >= 11 is 0. The number of benzene rings is 1. The molecule has 0 radical (unpaired) electrons. The summed E-state index contributed by atoms with van der Waals surface area (Å²) in [5.74, 6) is 1.07. The minimum absolute atomic E-state index is 0.865. The lowest BCUT2D eigenvalue weighted by Gasteiger charge is -2.20. The van der Waals surface area contributed by atoms with E-state index in [2.05, 4.69) is 23.1 Å². The molecule has 0 spiro atoms. The summed E-state index contributed by atoms with van der Waals surface area (Å²) in [6, 6.07) is 6.44. The van der Waals surface area contributed by atoms with E-state index in [0.29, 0.717) is 0 Å². The Labute approximate surface area is 79.1 Å². The van der Waals surface area contributed by atoms with E-state index < -0.39 is 0 Å². The van der Waals surface area contributed by atoms with E-state index in [9.17, 15) is 0 Å². The molecule has 2 rings (SSSR count). The Kier molecular flexibility index (Phi) is 2.13. The van der Waals surface area contributed by atoms with Gasteiger partial charge in [0.15, 0.2) is 0 Å². The molecule has 2 heteroatoms. The molecule has 0 aliphatic carbocycles. The van der Waals surface area contributed by atoms with Crippen molar-refractivity contribution in [3.63, 3.8) is 0 Å². The fraction of sp³-hybridized carbons (Fsp3) is 0.455. The largest absolute Gasteiger partial charge is 0.493 e. The lowest BCUT2D eigenvalue weighted by molar-refractivity contribution is 0.288. The number of hydrogen-bond donors (Lipinski definition) is 0. The molecule has 1 aromatic carbocycles. The van der Waals surface area contributed by atoms with Crippen LogP contribution < -0.4 is 9.64 Å². The molecule has 0 saturated carbocycles. The summed E-state index contributed by atoms with van der Waals surface area (Å²) in [6.07, 6.45) is 2.30. The van der Waals surface area contributed by atoms with E-state index in [4.69, 9.17) is 4.74 Å². The molecule has 1 heterocycles. The summed E-state index contributed by atoms with van der Waals surface area (Å²) < 4.78 is 5.59. The zero-order valence-electron chi connectivity index (χ0n) is 8.21. The highest BCUT2D eigenvalue weighted by molar-refractivity contribution is 5.53. The highest BCUT2D eigenvalue weighted by atomic mass is 16.5. The summed E-state index contributed by atoms with van der Waals surface area (Å²) in [4.78, 5) is 2.10. The SMILES string of the molecule is CN(C)c1ccc2c(c1)OCCC2. The van der Waals surface area contributed by atoms with Crippen LogP contribution in [-0.2, 0) is 6.42 Å². The molecule has 0 saturated heterocycles. The van der Waals surface area contributed by atoms with E-state index in [0.717, 1.165) is 25.2 Å². The van der Waals surface area contributed by atoms with Gasteiger partial charge in [-0.1, -0.05) is 6.07 Å². The van der Waals surface area contributed by atoms with Gasteiger partial charge in [-0.05, 0) is 24.5 Å². The van der Waals surface area contributed by atoms with Crippen molar-refractivity contribution in [2.45, 2.75) is 12.8 Å². The third-order valence-electron chi connectivity index (χ3n) is 2.42. The molecule has 0 unspecified atom stereocenters. The van der Waals surface area contributed by atoms with Gasteiger partial charge in [0.05, 0.1) is 6.61 Å². The number of hydrogen-bond acceptors (Lipinski definition) is 2. The minimum Gasteiger partial charge on any atom is -0.493 e. The first-order valence-corrected chi connectivity index (χ1v) is 4.70. The average Bonchev–Trinajstić information content (AvgIpc) is 2.17. The molecular formula is C11H15NO. The van der Waals surface area contributed by atoms with Gasteiger partial charge in [-0.2, -0.15) is 0 Å². The molecule has 0 N–H and O–H groups in total. The average molecular weight is 177 g/mol. The second-order valence-electron chi connectivity index (χ2n) is 3.64. The summed E-state index contributed by atoms with van der Waals surface area (Å²) in [5.41, 5.74) is 2.55. The molecule has 13 heavy (non-hydrogen) atoms. The molecule has 0 amide bonds. The van der Waals surface area contributed by atoms with Crippen molar-refractivity contribution in [2.75, 3.05) is 25.6 Å². The van der Waals surface area contributed by atoms with Crippen LogP contribution in [-0.4, -0.2) is 20.7 Å². The van der Waals surface area contributed by atoms with Gasteiger partial charge in [-0.25, -0.2) is 0 Å². The van der Waals surface area contributed by atoms with Crippen molar-refractivity contribution in [3.05, 3.63) is 23.8 Å². The van der Waals surface area contributed by atoms with Crippen molar-refractivity contribution in [1.29, 1.82) is 0 Å². The molecule has 0 aromatic heterocycles. The molecule has 1 aliphatic heterocycles. The molecule has 1 aliphatic rings. The van der Waals surface area contributed by atoms with Crippen LogP contribution in [0.3, 0.4) is 0 Å². The van der Waals surface area contributed by atoms with E-state index in [1.807, 2.05) is 14.1 Å². The summed E-state index contributed by atoms with van der Waals surface area (Å²) in [7, 11) is 4.09. The van der Waals surface area contributed by atoms with Gasteiger partial charge in [0.2, 0.25) is 0 Å². The first-order chi connectivity index (χ1) is 6.27. The van der Waals surface area contributed by atoms with Crippen LogP contribution in [0.25, 0.3) is 0 Å². The second kappa shape index (κ2) is 3.29. The van der Waals surface area contributed by atoms with E-state index in [1.165, 1.54) is 11.3 Å². The Morgan fingerprint density at radius 1 is 1.31 bits per heavy atom. The van der Waals surface area contributed by atoms with Crippen LogP contribution >= 0.6 is 0 Å². The smallest absolute Gasteiger partial charge is 0.124 e. The van der Waals surface area contributed by atoms with E-state index in [-0.39, 0.29) is 0 Å². The molecule has 0 atom stereocenters. The third kappa shape index (κ3) is 1.62. The number of ether oxygens (including phenoxy) is 1. The van der Waals surface area contributed by atoms with Gasteiger partial charge >= 0.3 is 0 Å². The summed E-state index contributed by atoms with van der Waals surface area (Å²) in [6.45, 7) is 0.865. The first kappa shape index (κ1) is 8.42. The number of fused-ring (bicyclic) bond motifs is 1. The molecule has 2 nitrogen and oxygen atoms in total. The fourth-order valence-electron chi connectivity index (χ4n) is 1.61. The van der Waals surface area contributed by atoms with Gasteiger partial charge in [0, 0.05) is 25.8 Å². The molecule has 0 fully saturated rings. The van der Waals surface area contributed by atoms with Crippen molar-refractivity contribution in [2.24, 2.45) is 0 Å². The number of anilines is 1. The van der Waals surface area contributed by atoms with Crippen LogP contribution in [0.5, 0.6) is 5.75 Å². The van der Waals surface area contributed by atoms with Crippen LogP contribution in [0, 0.1) is 0 Å². The lowest BCUT2D eigenvalue weighted by Crippen LogP contribution is -2.12. The lowest BCUT2D eigenvalue weighted by atomic mass is 10.1. The standard InChI is InChI=1S/C11H15NO/c1-12(2)10-6-5-9-4-3-7-13-11(9)8-10/h5-6,8H,3-4,7H2,1-2H3. The maximum absolute atomic E-state index is 5.59. The van der Waals surface area contributed by atoms with Gasteiger partial charge in [-0.3, -0.25) is 0 Å². The Balaban J connectivity index is 2.35.